The molecule has 0 bridgehead atoms. The molecule has 1 aromatic rings. The predicted molar refractivity (Wildman–Crippen MR) is 87.6 cm³/mol. The minimum Gasteiger partial charge on any atom is -0.384 e. The van der Waals surface area contributed by atoms with Crippen LogP contribution in [0.2, 0.25) is 0 Å². The summed E-state index contributed by atoms with van der Waals surface area (Å²) in [5.74, 6) is -0.341. The number of amides is 1. The lowest BCUT2D eigenvalue weighted by molar-refractivity contribution is 0.0660. The predicted octanol–water partition coefficient (Wildman–Crippen LogP) is 1.14. The number of aliphatic hydroxyl groups is 1. The quantitative estimate of drug-likeness (QED) is 0.788. The van der Waals surface area contributed by atoms with Crippen LogP contribution in [0, 0.1) is 0 Å². The lowest BCUT2D eigenvalue weighted by Crippen LogP contribution is -2.42. The summed E-state index contributed by atoms with van der Waals surface area (Å²) in [5.41, 5.74) is -0.645. The van der Waals surface area contributed by atoms with E-state index in [2.05, 4.69) is 5.32 Å². The fraction of sp³-hybridized carbons (Fsp3) is 0.438. The zero-order valence-corrected chi connectivity index (χ0v) is 14.1. The average molecular weight is 338 g/mol. The summed E-state index contributed by atoms with van der Waals surface area (Å²) in [7, 11) is -0.601. The van der Waals surface area contributed by atoms with E-state index in [0.29, 0.717) is 12.0 Å². The Morgan fingerprint density at radius 2 is 1.96 bits per heavy atom. The lowest BCUT2D eigenvalue weighted by atomic mass is 9.91. The van der Waals surface area contributed by atoms with E-state index in [9.17, 15) is 18.3 Å². The Kier molecular flexibility index (Phi) is 5.23. The van der Waals surface area contributed by atoms with Crippen molar-refractivity contribution < 1.29 is 18.3 Å². The number of carbonyl (C=O) groups excluding carboxylic acids is 1. The van der Waals surface area contributed by atoms with Crippen molar-refractivity contribution in [3.8, 4) is 0 Å². The van der Waals surface area contributed by atoms with Gasteiger partial charge in [0.2, 0.25) is 10.0 Å². The van der Waals surface area contributed by atoms with Crippen LogP contribution < -0.4 is 5.32 Å². The van der Waals surface area contributed by atoms with Gasteiger partial charge >= 0.3 is 0 Å². The molecule has 1 aliphatic rings. The van der Waals surface area contributed by atoms with Crippen LogP contribution in [0.3, 0.4) is 0 Å². The normalized spacial score (nSPS) is 21.4. The van der Waals surface area contributed by atoms with Gasteiger partial charge in [0, 0.05) is 19.7 Å². The van der Waals surface area contributed by atoms with Gasteiger partial charge in [-0.15, -0.1) is 0 Å². The summed E-state index contributed by atoms with van der Waals surface area (Å²) in [6.45, 7) is 0.139. The monoisotopic (exact) mass is 338 g/mol. The number of hydrogen-bond acceptors (Lipinski definition) is 4. The third-order valence-corrected chi connectivity index (χ3v) is 5.69. The molecule has 0 radical (unpaired) electrons. The second-order valence-electron chi connectivity index (χ2n) is 5.89. The van der Waals surface area contributed by atoms with Crippen LogP contribution in [0.4, 0.5) is 0 Å². The van der Waals surface area contributed by atoms with Crippen LogP contribution in [0.15, 0.2) is 41.3 Å². The smallest absolute Gasteiger partial charge is 0.251 e. The molecule has 1 aromatic carbocycles. The molecule has 0 aromatic heterocycles. The molecule has 0 heterocycles. The van der Waals surface area contributed by atoms with Gasteiger partial charge in [0.05, 0.1) is 17.0 Å². The summed E-state index contributed by atoms with van der Waals surface area (Å²) >= 11 is 0. The molecule has 0 saturated heterocycles. The van der Waals surface area contributed by atoms with E-state index in [1.54, 1.807) is 6.08 Å². The molecule has 1 unspecified atom stereocenters. The summed E-state index contributed by atoms with van der Waals surface area (Å²) < 4.78 is 25.1. The zero-order valence-electron chi connectivity index (χ0n) is 13.3. The van der Waals surface area contributed by atoms with Crippen LogP contribution in [0.5, 0.6) is 0 Å². The number of hydrogen-bond donors (Lipinski definition) is 2. The fourth-order valence-electron chi connectivity index (χ4n) is 2.38. The average Bonchev–Trinajstić information content (AvgIpc) is 2.53. The van der Waals surface area contributed by atoms with Gasteiger partial charge < -0.3 is 10.4 Å². The van der Waals surface area contributed by atoms with E-state index in [0.717, 1.165) is 17.1 Å². The first kappa shape index (κ1) is 17.7. The molecular weight excluding hydrogens is 316 g/mol. The molecule has 1 atom stereocenters. The maximum absolute atomic E-state index is 12.1. The third-order valence-electron chi connectivity index (χ3n) is 3.86. The molecule has 23 heavy (non-hydrogen) atoms. The number of benzene rings is 1. The minimum absolute atomic E-state index is 0.132. The highest BCUT2D eigenvalue weighted by molar-refractivity contribution is 7.89. The van der Waals surface area contributed by atoms with Crippen molar-refractivity contribution in [3.05, 3.63) is 42.0 Å². The van der Waals surface area contributed by atoms with Crippen LogP contribution in [0.25, 0.3) is 0 Å². The maximum atomic E-state index is 12.1. The second-order valence-corrected chi connectivity index (χ2v) is 8.04. The zero-order chi connectivity index (χ0) is 17.1. The van der Waals surface area contributed by atoms with Crippen molar-refractivity contribution in [2.24, 2.45) is 0 Å². The van der Waals surface area contributed by atoms with E-state index < -0.39 is 15.6 Å². The standard InChI is InChI=1S/C16H22N2O4S/c1-18(2)23(21,22)14-8-6-13(7-9-14)15(19)17-12-16(20)10-4-3-5-11-16/h4,6-10,20H,3,5,11-12H2,1-2H3,(H,17,19). The summed E-state index contributed by atoms with van der Waals surface area (Å²) in [5, 5.41) is 13.0. The Labute approximate surface area is 136 Å². The molecule has 126 valence electrons. The Hall–Kier alpha value is -1.70. The van der Waals surface area contributed by atoms with Crippen molar-refractivity contribution in [1.29, 1.82) is 0 Å². The molecule has 0 spiro atoms. The van der Waals surface area contributed by atoms with Gasteiger partial charge in [-0.3, -0.25) is 4.79 Å². The Bertz CT molecular complexity index is 695. The number of rotatable bonds is 5. The summed E-state index contributed by atoms with van der Waals surface area (Å²) in [6.07, 6.45) is 6.09. The maximum Gasteiger partial charge on any atom is 0.251 e. The van der Waals surface area contributed by atoms with E-state index >= 15 is 0 Å². The van der Waals surface area contributed by atoms with Crippen molar-refractivity contribution in [3.63, 3.8) is 0 Å². The van der Waals surface area contributed by atoms with Gasteiger partial charge in [-0.25, -0.2) is 12.7 Å². The summed E-state index contributed by atoms with van der Waals surface area (Å²) in [4.78, 5) is 12.3. The Morgan fingerprint density at radius 1 is 1.30 bits per heavy atom. The van der Waals surface area contributed by atoms with Crippen LogP contribution in [-0.2, 0) is 10.0 Å². The first-order valence-electron chi connectivity index (χ1n) is 7.45. The van der Waals surface area contributed by atoms with E-state index in [-0.39, 0.29) is 17.3 Å². The highest BCUT2D eigenvalue weighted by Crippen LogP contribution is 2.21. The van der Waals surface area contributed by atoms with Gasteiger partial charge in [-0.1, -0.05) is 12.2 Å². The van der Waals surface area contributed by atoms with Crippen LogP contribution in [0.1, 0.15) is 29.6 Å². The summed E-state index contributed by atoms with van der Waals surface area (Å²) in [6, 6.07) is 5.73. The highest BCUT2D eigenvalue weighted by Gasteiger charge is 2.26. The Morgan fingerprint density at radius 3 is 2.48 bits per heavy atom. The van der Waals surface area contributed by atoms with Gasteiger partial charge in [0.15, 0.2) is 0 Å². The molecule has 6 nitrogen and oxygen atoms in total. The van der Waals surface area contributed by atoms with Gasteiger partial charge in [0.1, 0.15) is 0 Å². The number of nitrogens with zero attached hydrogens (tertiary/aromatic N) is 1. The molecule has 7 heteroatoms. The van der Waals surface area contributed by atoms with Gasteiger partial charge in [0.25, 0.3) is 5.91 Å². The Balaban J connectivity index is 2.03. The molecular formula is C16H22N2O4S. The topological polar surface area (TPSA) is 86.7 Å². The first-order valence-corrected chi connectivity index (χ1v) is 8.89. The SMILES string of the molecule is CN(C)S(=O)(=O)c1ccc(C(=O)NCC2(O)C=CCCC2)cc1. The molecule has 2 rings (SSSR count). The molecule has 0 fully saturated rings. The number of allylic oxidation sites excluding steroid dienone is 1. The third kappa shape index (κ3) is 4.19. The minimum atomic E-state index is -3.51. The lowest BCUT2D eigenvalue weighted by Gasteiger charge is -2.27. The second kappa shape index (κ2) is 6.82. The van der Waals surface area contributed by atoms with Gasteiger partial charge in [-0.2, -0.15) is 0 Å². The highest BCUT2D eigenvalue weighted by atomic mass is 32.2. The van der Waals surface area contributed by atoms with Crippen LogP contribution >= 0.6 is 0 Å². The largest absolute Gasteiger partial charge is 0.384 e. The van der Waals surface area contributed by atoms with E-state index in [1.165, 1.54) is 38.4 Å². The van der Waals surface area contributed by atoms with E-state index in [4.69, 9.17) is 0 Å². The molecule has 0 saturated carbocycles. The van der Waals surface area contributed by atoms with Crippen molar-refractivity contribution in [2.75, 3.05) is 20.6 Å². The number of carbonyl (C=O) groups is 1. The number of sulfonamides is 1. The van der Waals surface area contributed by atoms with E-state index in [1.807, 2.05) is 6.08 Å². The van der Waals surface area contributed by atoms with Crippen molar-refractivity contribution in [1.82, 2.24) is 9.62 Å². The van der Waals surface area contributed by atoms with Gasteiger partial charge in [-0.05, 0) is 43.5 Å². The fourth-order valence-corrected chi connectivity index (χ4v) is 3.29. The van der Waals surface area contributed by atoms with Crippen LogP contribution in [-0.4, -0.2) is 50.0 Å². The number of nitrogens with one attached hydrogen (secondary N) is 1. The molecule has 1 amide bonds. The molecule has 2 N–H and O–H groups in total. The first-order chi connectivity index (χ1) is 10.7. The molecule has 0 aliphatic heterocycles. The van der Waals surface area contributed by atoms with Crippen molar-refractivity contribution >= 4 is 15.9 Å². The molecule has 1 aliphatic carbocycles. The van der Waals surface area contributed by atoms with Crippen molar-refractivity contribution in [2.45, 2.75) is 29.8 Å².